The number of carbonyl (C=O) groups excluding carboxylic acids is 1. The Balaban J connectivity index is 1.55. The molecule has 138 valence electrons. The Morgan fingerprint density at radius 1 is 1.15 bits per heavy atom. The fraction of sp³-hybridized carbons (Fsp3) is 0.300. The summed E-state index contributed by atoms with van der Waals surface area (Å²) in [5.74, 6) is 0.645. The third-order valence-corrected chi connectivity index (χ3v) is 4.99. The Kier molecular flexibility index (Phi) is 4.68. The number of piperidine rings is 1. The maximum absolute atomic E-state index is 13.2. The summed E-state index contributed by atoms with van der Waals surface area (Å²) in [5, 5.41) is 10.7. The first-order valence-electron chi connectivity index (χ1n) is 9.10. The molecule has 1 amide bonds. The summed E-state index contributed by atoms with van der Waals surface area (Å²) < 4.78 is 1.79. The van der Waals surface area contributed by atoms with Gasteiger partial charge in [0.25, 0.3) is 5.91 Å². The summed E-state index contributed by atoms with van der Waals surface area (Å²) in [6.45, 7) is 3.52. The molecule has 1 fully saturated rings. The number of nitrogens with zero attached hydrogens (tertiary/aromatic N) is 4. The van der Waals surface area contributed by atoms with Crippen molar-refractivity contribution in [1.29, 1.82) is 0 Å². The molecule has 7 heteroatoms. The Labute approximate surface area is 157 Å². The molecule has 0 bridgehead atoms. The second kappa shape index (κ2) is 7.28. The van der Waals surface area contributed by atoms with Gasteiger partial charge >= 0.3 is 0 Å². The van der Waals surface area contributed by atoms with Gasteiger partial charge in [-0.2, -0.15) is 5.10 Å². The van der Waals surface area contributed by atoms with E-state index in [0.717, 1.165) is 30.0 Å². The Morgan fingerprint density at radius 3 is 2.59 bits per heavy atom. The van der Waals surface area contributed by atoms with Crippen LogP contribution in [0, 0.1) is 6.92 Å². The molecule has 4 rings (SSSR count). The molecule has 27 heavy (non-hydrogen) atoms. The molecule has 3 heterocycles. The number of aromatic nitrogens is 4. The molecule has 0 spiro atoms. The lowest BCUT2D eigenvalue weighted by atomic mass is 9.87. The molecule has 3 aromatic rings. The fourth-order valence-corrected chi connectivity index (χ4v) is 3.46. The molecule has 1 aliphatic rings. The van der Waals surface area contributed by atoms with Gasteiger partial charge in [0.1, 0.15) is 5.54 Å². The van der Waals surface area contributed by atoms with Crippen LogP contribution in [0.2, 0.25) is 0 Å². The Morgan fingerprint density at radius 2 is 1.93 bits per heavy atom. The highest BCUT2D eigenvalue weighted by atomic mass is 16.2. The zero-order chi connectivity index (χ0) is 18.7. The molecular formula is C20H22N6O. The van der Waals surface area contributed by atoms with E-state index in [1.807, 2.05) is 49.5 Å². The second-order valence-electron chi connectivity index (χ2n) is 6.79. The SMILES string of the molecule is Cc1ccnc(-c2ccc(NC(=O)C3(n4cccn4)CCNCC3)cc2)n1. The number of aryl methyl sites for hydroxylation is 1. The van der Waals surface area contributed by atoms with E-state index in [-0.39, 0.29) is 5.91 Å². The first kappa shape index (κ1) is 17.4. The van der Waals surface area contributed by atoms with Crippen molar-refractivity contribution in [2.24, 2.45) is 0 Å². The molecule has 0 saturated carbocycles. The van der Waals surface area contributed by atoms with E-state index < -0.39 is 5.54 Å². The number of carbonyl (C=O) groups is 1. The number of rotatable bonds is 4. The van der Waals surface area contributed by atoms with Crippen LogP contribution in [0.4, 0.5) is 5.69 Å². The van der Waals surface area contributed by atoms with Crippen molar-refractivity contribution in [1.82, 2.24) is 25.1 Å². The van der Waals surface area contributed by atoms with Crippen LogP contribution in [0.3, 0.4) is 0 Å². The molecule has 2 N–H and O–H groups in total. The van der Waals surface area contributed by atoms with E-state index in [1.54, 1.807) is 17.1 Å². The predicted octanol–water partition coefficient (Wildman–Crippen LogP) is 2.37. The van der Waals surface area contributed by atoms with Gasteiger partial charge < -0.3 is 10.6 Å². The normalized spacial score (nSPS) is 16.0. The molecular weight excluding hydrogens is 340 g/mol. The van der Waals surface area contributed by atoms with Crippen LogP contribution in [0.1, 0.15) is 18.5 Å². The Bertz CT molecular complexity index is 914. The minimum absolute atomic E-state index is 0.0349. The second-order valence-corrected chi connectivity index (χ2v) is 6.79. The van der Waals surface area contributed by atoms with Gasteiger partial charge in [-0.25, -0.2) is 9.97 Å². The van der Waals surface area contributed by atoms with E-state index in [1.165, 1.54) is 0 Å². The van der Waals surface area contributed by atoms with Gasteiger partial charge in [-0.15, -0.1) is 0 Å². The summed E-state index contributed by atoms with van der Waals surface area (Å²) >= 11 is 0. The minimum Gasteiger partial charge on any atom is -0.324 e. The smallest absolute Gasteiger partial charge is 0.252 e. The highest BCUT2D eigenvalue weighted by Crippen LogP contribution is 2.29. The van der Waals surface area contributed by atoms with Crippen molar-refractivity contribution in [2.75, 3.05) is 18.4 Å². The van der Waals surface area contributed by atoms with Gasteiger partial charge in [-0.05, 0) is 69.3 Å². The zero-order valence-corrected chi connectivity index (χ0v) is 15.2. The van der Waals surface area contributed by atoms with E-state index in [4.69, 9.17) is 0 Å². The van der Waals surface area contributed by atoms with Crippen LogP contribution < -0.4 is 10.6 Å². The molecule has 0 unspecified atom stereocenters. The van der Waals surface area contributed by atoms with Gasteiger partial charge in [0.15, 0.2) is 5.82 Å². The average Bonchev–Trinajstić information content (AvgIpc) is 3.24. The van der Waals surface area contributed by atoms with Crippen LogP contribution in [0.25, 0.3) is 11.4 Å². The molecule has 1 aliphatic heterocycles. The van der Waals surface area contributed by atoms with Crippen LogP contribution >= 0.6 is 0 Å². The number of amides is 1. The third-order valence-electron chi connectivity index (χ3n) is 4.99. The van der Waals surface area contributed by atoms with Crippen molar-refractivity contribution in [3.63, 3.8) is 0 Å². The molecule has 1 aromatic carbocycles. The van der Waals surface area contributed by atoms with Gasteiger partial charge in [0, 0.05) is 35.5 Å². The van der Waals surface area contributed by atoms with Gasteiger partial charge in [0.2, 0.25) is 0 Å². The number of hydrogen-bond donors (Lipinski definition) is 2. The van der Waals surface area contributed by atoms with Crippen LogP contribution in [0.15, 0.2) is 55.0 Å². The largest absolute Gasteiger partial charge is 0.324 e. The van der Waals surface area contributed by atoms with Crippen molar-refractivity contribution in [2.45, 2.75) is 25.3 Å². The van der Waals surface area contributed by atoms with Crippen LogP contribution in [0.5, 0.6) is 0 Å². The maximum Gasteiger partial charge on any atom is 0.252 e. The Hall–Kier alpha value is -3.06. The quantitative estimate of drug-likeness (QED) is 0.744. The van der Waals surface area contributed by atoms with Gasteiger partial charge in [-0.1, -0.05) is 0 Å². The summed E-state index contributed by atoms with van der Waals surface area (Å²) in [7, 11) is 0. The molecule has 7 nitrogen and oxygen atoms in total. The summed E-state index contributed by atoms with van der Waals surface area (Å²) in [4.78, 5) is 21.9. The van der Waals surface area contributed by atoms with Crippen molar-refractivity contribution in [3.8, 4) is 11.4 Å². The monoisotopic (exact) mass is 362 g/mol. The highest BCUT2D eigenvalue weighted by molar-refractivity contribution is 5.96. The lowest BCUT2D eigenvalue weighted by Gasteiger charge is -2.36. The van der Waals surface area contributed by atoms with Gasteiger partial charge in [0.05, 0.1) is 0 Å². The number of benzene rings is 1. The number of hydrogen-bond acceptors (Lipinski definition) is 5. The lowest BCUT2D eigenvalue weighted by Crippen LogP contribution is -2.52. The number of nitrogens with one attached hydrogen (secondary N) is 2. The third kappa shape index (κ3) is 3.46. The van der Waals surface area contributed by atoms with Crippen LogP contribution in [-0.4, -0.2) is 38.7 Å². The fourth-order valence-electron chi connectivity index (χ4n) is 3.46. The highest BCUT2D eigenvalue weighted by Gasteiger charge is 2.42. The summed E-state index contributed by atoms with van der Waals surface area (Å²) in [6.07, 6.45) is 6.74. The van der Waals surface area contributed by atoms with E-state index in [2.05, 4.69) is 25.7 Å². The van der Waals surface area contributed by atoms with E-state index in [0.29, 0.717) is 18.7 Å². The van der Waals surface area contributed by atoms with Crippen molar-refractivity contribution >= 4 is 11.6 Å². The lowest BCUT2D eigenvalue weighted by molar-refractivity contribution is -0.126. The average molecular weight is 362 g/mol. The molecule has 0 aliphatic carbocycles. The van der Waals surface area contributed by atoms with Crippen molar-refractivity contribution in [3.05, 3.63) is 60.7 Å². The van der Waals surface area contributed by atoms with E-state index >= 15 is 0 Å². The van der Waals surface area contributed by atoms with Crippen LogP contribution in [-0.2, 0) is 10.3 Å². The topological polar surface area (TPSA) is 84.7 Å². The molecule has 1 saturated heterocycles. The summed E-state index contributed by atoms with van der Waals surface area (Å²) in [6, 6.07) is 11.3. The van der Waals surface area contributed by atoms with Crippen molar-refractivity contribution < 1.29 is 4.79 Å². The first-order chi connectivity index (χ1) is 13.2. The maximum atomic E-state index is 13.2. The zero-order valence-electron chi connectivity index (χ0n) is 15.2. The summed E-state index contributed by atoms with van der Waals surface area (Å²) in [5.41, 5.74) is 1.93. The molecule has 0 radical (unpaired) electrons. The van der Waals surface area contributed by atoms with E-state index in [9.17, 15) is 4.79 Å². The molecule has 2 aromatic heterocycles. The number of anilines is 1. The predicted molar refractivity (Wildman–Crippen MR) is 103 cm³/mol. The first-order valence-corrected chi connectivity index (χ1v) is 9.10. The minimum atomic E-state index is -0.660. The standard InChI is InChI=1S/C20H22N6O/c1-15-7-11-22-18(24-15)16-3-5-17(6-4-16)25-19(27)20(8-12-21-13-9-20)26-14-2-10-23-26/h2-7,10-11,14,21H,8-9,12-13H2,1H3,(H,25,27). The molecule has 0 atom stereocenters. The van der Waals surface area contributed by atoms with Gasteiger partial charge in [-0.3, -0.25) is 9.48 Å².